The van der Waals surface area contributed by atoms with Gasteiger partial charge in [0.1, 0.15) is 97.7 Å². The average molecular weight is 747 g/mol. The van der Waals surface area contributed by atoms with Crippen molar-refractivity contribution in [2.24, 2.45) is 0 Å². The number of aliphatic hydroxyl groups is 13. The van der Waals surface area contributed by atoms with Crippen molar-refractivity contribution in [1.29, 1.82) is 0 Å². The summed E-state index contributed by atoms with van der Waals surface area (Å²) in [7, 11) is -5.27. The summed E-state index contributed by atoms with van der Waals surface area (Å²) >= 11 is 0. The van der Waals surface area contributed by atoms with Crippen molar-refractivity contribution in [1.82, 2.24) is 0 Å². The maximum absolute atomic E-state index is 11.3. The number of hydrogen-bond acceptors (Lipinski definition) is 23. The molecule has 4 aliphatic heterocycles. The second-order valence-corrected chi connectivity index (χ2v) is 12.7. The molecule has 0 aromatic heterocycles. The average Bonchev–Trinajstić information content (AvgIpc) is 3.33. The molecule has 4 saturated heterocycles. The molecule has 0 saturated carbocycles. The lowest BCUT2D eigenvalue weighted by Crippen LogP contribution is -2.65. The summed E-state index contributed by atoms with van der Waals surface area (Å²) in [4.78, 5) is 0. The van der Waals surface area contributed by atoms with Gasteiger partial charge in [-0.05, 0) is 0 Å². The summed E-state index contributed by atoms with van der Waals surface area (Å²) < 4.78 is 73.5. The van der Waals surface area contributed by atoms with E-state index in [0.29, 0.717) is 0 Å². The number of rotatable bonds is 13. The topological polar surface area (TPSA) is 391 Å². The molecular weight excluding hydrogens is 704 g/mol. The van der Waals surface area contributed by atoms with Crippen LogP contribution in [0.15, 0.2) is 0 Å². The first-order chi connectivity index (χ1) is 22.9. The van der Waals surface area contributed by atoms with Crippen molar-refractivity contribution >= 4 is 10.4 Å². The van der Waals surface area contributed by atoms with Gasteiger partial charge in [-0.3, -0.25) is 4.55 Å². The quantitative estimate of drug-likeness (QED) is 0.0778. The number of ether oxygens (including phenoxy) is 7. The Labute approximate surface area is 276 Å². The van der Waals surface area contributed by atoms with Crippen LogP contribution in [-0.4, -0.2) is 229 Å². The molecule has 4 fully saturated rings. The Morgan fingerprint density at radius 1 is 0.571 bits per heavy atom. The molecule has 0 unspecified atom stereocenters. The van der Waals surface area contributed by atoms with E-state index in [0.717, 1.165) is 0 Å². The minimum atomic E-state index is -5.27. The van der Waals surface area contributed by atoms with Crippen LogP contribution in [0.3, 0.4) is 0 Å². The normalized spacial score (nSPS) is 48.8. The number of aliphatic hydroxyl groups excluding tert-OH is 13. The van der Waals surface area contributed by atoms with Gasteiger partial charge in [0, 0.05) is 0 Å². The maximum atomic E-state index is 11.3. The lowest BCUT2D eigenvalue weighted by molar-refractivity contribution is -0.377. The molecule has 20 atom stereocenters. The highest BCUT2D eigenvalue weighted by Gasteiger charge is 2.55. The zero-order chi connectivity index (χ0) is 36.5. The molecular formula is C24H42O24S. The maximum Gasteiger partial charge on any atom is 0.397 e. The van der Waals surface area contributed by atoms with Crippen LogP contribution >= 0.6 is 0 Å². The van der Waals surface area contributed by atoms with Gasteiger partial charge in [-0.25, -0.2) is 4.18 Å². The molecule has 49 heavy (non-hydrogen) atoms. The minimum Gasteiger partial charge on any atom is -0.394 e. The van der Waals surface area contributed by atoms with Gasteiger partial charge < -0.3 is 99.5 Å². The van der Waals surface area contributed by atoms with E-state index < -0.39 is 160 Å². The van der Waals surface area contributed by atoms with Crippen LogP contribution in [0.1, 0.15) is 0 Å². The van der Waals surface area contributed by atoms with Crippen molar-refractivity contribution < 1.29 is 117 Å². The monoisotopic (exact) mass is 746 g/mol. The van der Waals surface area contributed by atoms with Crippen LogP contribution in [0.5, 0.6) is 0 Å². The molecule has 0 aromatic rings. The first kappa shape index (κ1) is 40.8. The molecule has 14 N–H and O–H groups in total. The van der Waals surface area contributed by atoms with Gasteiger partial charge in [-0.1, -0.05) is 0 Å². The van der Waals surface area contributed by atoms with Gasteiger partial charge in [-0.2, -0.15) is 8.42 Å². The standard InChI is InChI=1S/C24H42O24S/c25-1-5(28)17-13(33)14(34)23(45-17)46-18-11(31)8(4-41-22-16(36)19(48-49(38,39)40)10(30)7(3-27)43-22)44-24(15(18)35)47-20-12(32)9(29)6(2-26)42-21(20)37/h5-37H,1-4H2,(H,38,39,40)/t5-,6-,7-,8-,9-,10+,11-,12+,13-,14-,15+,16-,17+,18+,19+,20-,21+,22-,23+,24-/m1/s1. The van der Waals surface area contributed by atoms with Crippen LogP contribution in [0.2, 0.25) is 0 Å². The molecule has 25 heteroatoms. The largest absolute Gasteiger partial charge is 0.397 e. The second kappa shape index (κ2) is 16.8. The molecule has 0 bridgehead atoms. The minimum absolute atomic E-state index is 0.826. The van der Waals surface area contributed by atoms with Crippen LogP contribution in [0, 0.1) is 0 Å². The van der Waals surface area contributed by atoms with E-state index >= 15 is 0 Å². The van der Waals surface area contributed by atoms with E-state index in [1.165, 1.54) is 0 Å². The highest BCUT2D eigenvalue weighted by Crippen LogP contribution is 2.34. The first-order valence-electron chi connectivity index (χ1n) is 14.8. The third kappa shape index (κ3) is 9.00. The Balaban J connectivity index is 1.56. The van der Waals surface area contributed by atoms with E-state index in [1.807, 2.05) is 0 Å². The molecule has 4 heterocycles. The highest BCUT2D eigenvalue weighted by molar-refractivity contribution is 7.80. The summed E-state index contributed by atoms with van der Waals surface area (Å²) in [5.41, 5.74) is 0. The van der Waals surface area contributed by atoms with Gasteiger partial charge in [0.05, 0.1) is 26.4 Å². The predicted molar refractivity (Wildman–Crippen MR) is 144 cm³/mol. The molecule has 4 rings (SSSR count). The van der Waals surface area contributed by atoms with Crippen LogP contribution in [0.25, 0.3) is 0 Å². The Morgan fingerprint density at radius 2 is 1.10 bits per heavy atom. The zero-order valence-electron chi connectivity index (χ0n) is 25.1. The Morgan fingerprint density at radius 3 is 1.69 bits per heavy atom. The van der Waals surface area contributed by atoms with Crippen molar-refractivity contribution in [3.63, 3.8) is 0 Å². The third-order valence-electron chi connectivity index (χ3n) is 8.37. The molecule has 0 aliphatic carbocycles. The summed E-state index contributed by atoms with van der Waals surface area (Å²) in [6, 6.07) is 0. The highest BCUT2D eigenvalue weighted by atomic mass is 32.3. The summed E-state index contributed by atoms with van der Waals surface area (Å²) in [5, 5.41) is 133. The van der Waals surface area contributed by atoms with E-state index in [2.05, 4.69) is 4.18 Å². The fourth-order valence-corrected chi connectivity index (χ4v) is 6.19. The first-order valence-corrected chi connectivity index (χ1v) is 16.1. The second-order valence-electron chi connectivity index (χ2n) is 11.7. The van der Waals surface area contributed by atoms with Crippen LogP contribution in [-0.2, 0) is 47.7 Å². The van der Waals surface area contributed by atoms with Gasteiger partial charge >= 0.3 is 10.4 Å². The lowest BCUT2D eigenvalue weighted by Gasteiger charge is -2.47. The predicted octanol–water partition coefficient (Wildman–Crippen LogP) is -9.92. The summed E-state index contributed by atoms with van der Waals surface area (Å²) in [6.07, 6.45) is -38.1. The van der Waals surface area contributed by atoms with Crippen LogP contribution < -0.4 is 0 Å². The fourth-order valence-electron chi connectivity index (χ4n) is 5.68. The molecule has 0 spiro atoms. The molecule has 24 nitrogen and oxygen atoms in total. The summed E-state index contributed by atoms with van der Waals surface area (Å²) in [5.74, 6) is 0. The van der Waals surface area contributed by atoms with E-state index in [-0.39, 0.29) is 0 Å². The Kier molecular flexibility index (Phi) is 14.0. The van der Waals surface area contributed by atoms with E-state index in [4.69, 9.17) is 37.7 Å². The fraction of sp³-hybridized carbons (Fsp3) is 1.00. The van der Waals surface area contributed by atoms with E-state index in [1.54, 1.807) is 0 Å². The van der Waals surface area contributed by atoms with Crippen molar-refractivity contribution in [2.75, 3.05) is 26.4 Å². The van der Waals surface area contributed by atoms with Gasteiger partial charge in [0.15, 0.2) is 25.2 Å². The zero-order valence-corrected chi connectivity index (χ0v) is 25.9. The van der Waals surface area contributed by atoms with Crippen molar-refractivity contribution in [2.45, 2.75) is 123 Å². The summed E-state index contributed by atoms with van der Waals surface area (Å²) in [6.45, 7) is -3.62. The van der Waals surface area contributed by atoms with E-state index in [9.17, 15) is 74.8 Å². The number of hydrogen-bond donors (Lipinski definition) is 14. The van der Waals surface area contributed by atoms with Gasteiger partial charge in [0.2, 0.25) is 0 Å². The van der Waals surface area contributed by atoms with Gasteiger partial charge in [-0.15, -0.1) is 0 Å². The SMILES string of the molecule is O=S(=O)(O)O[C@H]1[C@@H](O)[C@@H](CO)O[C@@H](OC[C@H]2O[C@H](O[C@@H]3[C@@H](O)[C@H](O)[C@@H](CO)O[C@@H]3O)[C@@H](O)[C@@H](O[C@@H]3O[C@@H]([C@H](O)CO)[C@H](O)[C@H]3O)[C@@H]2O)[C@@H]1O. The smallest absolute Gasteiger partial charge is 0.394 e. The Hall–Kier alpha value is -0.930. The Bertz CT molecular complexity index is 1150. The van der Waals surface area contributed by atoms with Crippen molar-refractivity contribution in [3.8, 4) is 0 Å². The third-order valence-corrected chi connectivity index (χ3v) is 8.83. The molecule has 0 aromatic carbocycles. The molecule has 0 amide bonds. The van der Waals surface area contributed by atoms with Crippen molar-refractivity contribution in [3.05, 3.63) is 0 Å². The van der Waals surface area contributed by atoms with Gasteiger partial charge in [0.25, 0.3) is 0 Å². The molecule has 288 valence electrons. The molecule has 0 radical (unpaired) electrons. The lowest BCUT2D eigenvalue weighted by atomic mass is 9.97. The van der Waals surface area contributed by atoms with Crippen LogP contribution in [0.4, 0.5) is 0 Å². The molecule has 4 aliphatic rings.